The van der Waals surface area contributed by atoms with E-state index in [4.69, 9.17) is 0 Å². The SMILES string of the molecule is CCCCCCC1(CCCCCC)c2cc(-c3ccc4c(c3)c3cc(Br)ccc3n4CC)ccc2-c2c1c1c(c3c2C(CCCCCC)(CCCCCC)c2cc(-c4ccc5c(c4)c4cc(Br)ccc4n5CC)ccc2-3)C(CCCCCC)(CCCCCC)c2cc(-c3ccc4c(c3)c3cc(Br)ccc3n4CC)ccc2-1. The molecule has 0 saturated carbocycles. The van der Waals surface area contributed by atoms with Crippen LogP contribution in [0.1, 0.15) is 288 Å². The van der Waals surface area contributed by atoms with Gasteiger partial charge in [-0.1, -0.05) is 298 Å². The van der Waals surface area contributed by atoms with Gasteiger partial charge in [-0.15, -0.1) is 0 Å². The molecule has 16 rings (SSSR count). The van der Waals surface area contributed by atoms with Crippen LogP contribution in [-0.2, 0) is 35.9 Å². The van der Waals surface area contributed by atoms with Crippen LogP contribution in [0, 0.1) is 0 Å². The van der Waals surface area contributed by atoms with E-state index in [1.165, 1.54) is 253 Å². The number of hydrogen-bond donors (Lipinski definition) is 0. The molecule has 3 aliphatic carbocycles. The second-order valence-corrected chi connectivity index (χ2v) is 36.8. The van der Waals surface area contributed by atoms with E-state index in [0.29, 0.717) is 0 Å². The van der Waals surface area contributed by atoms with Gasteiger partial charge in [0.1, 0.15) is 0 Å². The van der Waals surface area contributed by atoms with Crippen molar-refractivity contribution in [3.8, 4) is 66.8 Å². The molecule has 0 bridgehead atoms. The quantitative estimate of drug-likeness (QED) is 0.0348. The van der Waals surface area contributed by atoms with Crippen LogP contribution in [0.5, 0.6) is 0 Å². The lowest BCUT2D eigenvalue weighted by atomic mass is 9.63. The first-order valence-electron chi connectivity index (χ1n) is 44.2. The van der Waals surface area contributed by atoms with Gasteiger partial charge in [0.15, 0.2) is 0 Å². The minimum Gasteiger partial charge on any atom is -0.341 e. The van der Waals surface area contributed by atoms with E-state index in [9.17, 15) is 0 Å². The van der Waals surface area contributed by atoms with E-state index < -0.39 is 0 Å². The monoisotopic (exact) mass is 1660 g/mol. The maximum atomic E-state index is 3.94. The summed E-state index contributed by atoms with van der Waals surface area (Å²) in [6.45, 7) is 24.3. The zero-order chi connectivity index (χ0) is 76.7. The molecule has 0 saturated heterocycles. The summed E-state index contributed by atoms with van der Waals surface area (Å²) in [5.74, 6) is 0. The summed E-state index contributed by atoms with van der Waals surface area (Å²) in [7, 11) is 0. The van der Waals surface area contributed by atoms with Crippen LogP contribution in [-0.4, -0.2) is 13.7 Å². The minimum absolute atomic E-state index is 0.240. The highest BCUT2D eigenvalue weighted by Crippen LogP contribution is 2.72. The molecule has 0 atom stereocenters. The Morgan fingerprint density at radius 1 is 0.225 bits per heavy atom. The molecule has 111 heavy (non-hydrogen) atoms. The second-order valence-electron chi connectivity index (χ2n) is 34.1. The van der Waals surface area contributed by atoms with Crippen molar-refractivity contribution in [1.82, 2.24) is 13.7 Å². The highest BCUT2D eigenvalue weighted by Gasteiger charge is 2.58. The van der Waals surface area contributed by atoms with Gasteiger partial charge < -0.3 is 13.7 Å². The fourth-order valence-electron chi connectivity index (χ4n) is 22.3. The molecule has 576 valence electrons. The normalized spacial score (nSPS) is 14.3. The first-order chi connectivity index (χ1) is 54.4. The third-order valence-corrected chi connectivity index (χ3v) is 29.0. The summed E-state index contributed by atoms with van der Waals surface area (Å²) >= 11 is 11.8. The van der Waals surface area contributed by atoms with E-state index in [-0.39, 0.29) is 16.2 Å². The first kappa shape index (κ1) is 78.0. The summed E-state index contributed by atoms with van der Waals surface area (Å²) in [5, 5.41) is 8.00. The molecule has 6 heteroatoms. The topological polar surface area (TPSA) is 14.8 Å². The van der Waals surface area contributed by atoms with Crippen LogP contribution >= 0.6 is 47.8 Å². The van der Waals surface area contributed by atoms with E-state index >= 15 is 0 Å². The Kier molecular flexibility index (Phi) is 23.5. The molecule has 0 aliphatic heterocycles. The lowest BCUT2D eigenvalue weighted by Crippen LogP contribution is -2.31. The Balaban J connectivity index is 1.05. The number of hydrogen-bond acceptors (Lipinski definition) is 0. The van der Waals surface area contributed by atoms with Gasteiger partial charge in [-0.25, -0.2) is 0 Å². The molecule has 0 fully saturated rings. The fraction of sp³-hybridized carbons (Fsp3) is 0.429. The lowest BCUT2D eigenvalue weighted by Gasteiger charge is -2.40. The first-order valence-corrected chi connectivity index (χ1v) is 46.6. The average molecular weight is 1660 g/mol. The average Bonchev–Trinajstić information content (AvgIpc) is 1.48. The van der Waals surface area contributed by atoms with Gasteiger partial charge in [0.2, 0.25) is 0 Å². The van der Waals surface area contributed by atoms with Gasteiger partial charge >= 0.3 is 0 Å². The van der Waals surface area contributed by atoms with Crippen molar-refractivity contribution in [3.05, 3.63) is 211 Å². The van der Waals surface area contributed by atoms with Crippen molar-refractivity contribution < 1.29 is 0 Å². The summed E-state index contributed by atoms with van der Waals surface area (Å²) in [5.41, 5.74) is 34.9. The summed E-state index contributed by atoms with van der Waals surface area (Å²) < 4.78 is 11.0. The smallest absolute Gasteiger partial charge is 0.0492 e. The number of aromatic nitrogens is 3. The van der Waals surface area contributed by atoms with E-state index in [0.717, 1.165) is 71.6 Å². The predicted molar refractivity (Wildman–Crippen MR) is 493 cm³/mol. The van der Waals surface area contributed by atoms with E-state index in [1.54, 1.807) is 66.8 Å². The van der Waals surface area contributed by atoms with Crippen molar-refractivity contribution in [3.63, 3.8) is 0 Å². The number of rotatable bonds is 36. The van der Waals surface area contributed by atoms with Crippen LogP contribution in [0.25, 0.3) is 132 Å². The summed E-state index contributed by atoms with van der Waals surface area (Å²) in [6, 6.07) is 67.8. The number of fused-ring (bicyclic) bond motifs is 21. The Morgan fingerprint density at radius 3 is 0.658 bits per heavy atom. The molecule has 13 aromatic rings. The molecule has 3 aliphatic rings. The van der Waals surface area contributed by atoms with E-state index in [2.05, 4.69) is 288 Å². The van der Waals surface area contributed by atoms with Gasteiger partial charge in [0.05, 0.1) is 0 Å². The largest absolute Gasteiger partial charge is 0.341 e. The van der Waals surface area contributed by atoms with E-state index in [1.807, 2.05) is 0 Å². The molecule has 0 spiro atoms. The van der Waals surface area contributed by atoms with Gasteiger partial charge in [0, 0.05) is 115 Å². The third kappa shape index (κ3) is 13.6. The molecular formula is C105H120Br3N3. The van der Waals surface area contributed by atoms with Crippen LogP contribution in [0.2, 0.25) is 0 Å². The number of halogens is 3. The van der Waals surface area contributed by atoms with Gasteiger partial charge in [-0.3, -0.25) is 0 Å². The number of nitrogens with zero attached hydrogens (tertiary/aromatic N) is 3. The molecule has 3 aromatic heterocycles. The maximum Gasteiger partial charge on any atom is 0.0492 e. The molecular weight excluding hydrogens is 1540 g/mol. The Morgan fingerprint density at radius 2 is 0.432 bits per heavy atom. The van der Waals surface area contributed by atoms with Gasteiger partial charge in [0.25, 0.3) is 0 Å². The van der Waals surface area contributed by atoms with Gasteiger partial charge in [-0.05, 0) is 269 Å². The number of unbranched alkanes of at least 4 members (excludes halogenated alkanes) is 18. The van der Waals surface area contributed by atoms with Crippen LogP contribution < -0.4 is 0 Å². The Hall–Kier alpha value is -6.96. The molecule has 0 N–H and O–H groups in total. The molecule has 0 radical (unpaired) electrons. The van der Waals surface area contributed by atoms with Crippen molar-refractivity contribution in [2.45, 2.75) is 291 Å². The highest BCUT2D eigenvalue weighted by atomic mass is 79.9. The van der Waals surface area contributed by atoms with Crippen molar-refractivity contribution in [1.29, 1.82) is 0 Å². The summed E-state index contributed by atoms with van der Waals surface area (Å²) in [4.78, 5) is 0. The molecule has 3 heterocycles. The molecule has 10 aromatic carbocycles. The third-order valence-electron chi connectivity index (χ3n) is 27.5. The zero-order valence-corrected chi connectivity index (χ0v) is 73.2. The highest BCUT2D eigenvalue weighted by molar-refractivity contribution is 9.11. The van der Waals surface area contributed by atoms with Crippen molar-refractivity contribution >= 4 is 113 Å². The zero-order valence-electron chi connectivity index (χ0n) is 68.4. The molecule has 3 nitrogen and oxygen atoms in total. The van der Waals surface area contributed by atoms with Crippen molar-refractivity contribution in [2.24, 2.45) is 0 Å². The Bertz CT molecular complexity index is 5010. The van der Waals surface area contributed by atoms with Gasteiger partial charge in [-0.2, -0.15) is 0 Å². The fourth-order valence-corrected chi connectivity index (χ4v) is 23.3. The van der Waals surface area contributed by atoms with Crippen LogP contribution in [0.3, 0.4) is 0 Å². The maximum absolute atomic E-state index is 3.94. The van der Waals surface area contributed by atoms with Crippen molar-refractivity contribution in [2.75, 3.05) is 0 Å². The number of aryl methyl sites for hydroxylation is 3. The van der Waals surface area contributed by atoms with Crippen LogP contribution in [0.15, 0.2) is 177 Å². The Labute approximate surface area is 689 Å². The second kappa shape index (κ2) is 33.5. The lowest BCUT2D eigenvalue weighted by molar-refractivity contribution is 0.389. The molecule has 0 unspecified atom stereocenters. The standard InChI is InChI=1S/C105H120Br3N3/c1-10-19-25-31-55-103(56-32-26-20-11-2)88-64-73(70-40-49-91-82(61-70)85-67-76(106)43-52-94(85)109(91)16-7)37-46-79(88)97-100(103)98-80-47-38-74(71-41-50-92-83(62-71)86-68-77(107)44-53-95(86)110(92)17-8)65-89(80)104(57-33-27-21-12-3,58-34-28-22-13-4)102(98)99-81-48-39-75(66-90(81)105(101(97)99,59-35-29-23-14-5)60-36-30-24-15-6)72-42-51-93-84(63-72)87-69-78(108)45-54-96(87)111(93)18-9/h37-54,61-69H,10-36,55-60H2,1-9H3. The minimum atomic E-state index is -0.240. The predicted octanol–water partition coefficient (Wildman–Crippen LogP) is 34.0. The molecule has 0 amide bonds. The number of benzene rings is 10. The van der Waals surface area contributed by atoms with Crippen LogP contribution in [0.4, 0.5) is 0 Å². The summed E-state index contributed by atoms with van der Waals surface area (Å²) in [6.07, 6.45) is 36.7.